The number of hydrogen-bond donors (Lipinski definition) is 2. The lowest BCUT2D eigenvalue weighted by Gasteiger charge is -2.02. The van der Waals surface area contributed by atoms with Gasteiger partial charge in [0, 0.05) is 36.6 Å². The number of methoxy groups -OCH3 is 1. The van der Waals surface area contributed by atoms with E-state index in [0.717, 1.165) is 33.4 Å². The average Bonchev–Trinajstić information content (AvgIpc) is 3.21. The van der Waals surface area contributed by atoms with Gasteiger partial charge in [-0.2, -0.15) is 0 Å². The number of rotatable bonds is 3. The molecule has 6 nitrogen and oxygen atoms in total. The summed E-state index contributed by atoms with van der Waals surface area (Å²) in [7, 11) is 5.30. The lowest BCUT2D eigenvalue weighted by Crippen LogP contribution is -2.17. The largest absolute Gasteiger partial charge is 0.497 e. The second-order valence-corrected chi connectivity index (χ2v) is 5.90. The van der Waals surface area contributed by atoms with Gasteiger partial charge in [0.15, 0.2) is 0 Å². The van der Waals surface area contributed by atoms with Crippen molar-refractivity contribution in [2.24, 2.45) is 7.05 Å². The maximum Gasteiger partial charge on any atom is 0.251 e. The molecule has 4 aromatic rings. The highest BCUT2D eigenvalue weighted by Gasteiger charge is 2.15. The molecule has 0 aliphatic carbocycles. The van der Waals surface area contributed by atoms with Crippen LogP contribution in [0.1, 0.15) is 10.4 Å². The molecule has 25 heavy (non-hydrogen) atoms. The zero-order chi connectivity index (χ0) is 17.6. The van der Waals surface area contributed by atoms with Gasteiger partial charge in [-0.3, -0.25) is 4.79 Å². The van der Waals surface area contributed by atoms with Crippen molar-refractivity contribution in [1.82, 2.24) is 19.9 Å². The molecule has 126 valence electrons. The maximum atomic E-state index is 12.1. The Hall–Kier alpha value is -3.28. The van der Waals surface area contributed by atoms with E-state index in [4.69, 9.17) is 4.74 Å². The van der Waals surface area contributed by atoms with Crippen LogP contribution >= 0.6 is 0 Å². The van der Waals surface area contributed by atoms with Crippen LogP contribution in [0.3, 0.4) is 0 Å². The van der Waals surface area contributed by atoms with Crippen LogP contribution in [0.5, 0.6) is 5.75 Å². The monoisotopic (exact) mass is 334 g/mol. The van der Waals surface area contributed by atoms with Crippen LogP contribution in [0.4, 0.5) is 0 Å². The van der Waals surface area contributed by atoms with Crippen molar-refractivity contribution < 1.29 is 9.53 Å². The van der Waals surface area contributed by atoms with Crippen LogP contribution in [0.25, 0.3) is 33.3 Å². The number of H-pyrrole nitrogens is 1. The fourth-order valence-corrected chi connectivity index (χ4v) is 3.21. The molecule has 0 saturated heterocycles. The number of benzene rings is 1. The third kappa shape index (κ3) is 2.34. The van der Waals surface area contributed by atoms with E-state index in [1.807, 2.05) is 31.3 Å². The summed E-state index contributed by atoms with van der Waals surface area (Å²) < 4.78 is 7.42. The third-order valence-corrected chi connectivity index (χ3v) is 4.53. The van der Waals surface area contributed by atoms with Crippen molar-refractivity contribution >= 4 is 27.8 Å². The first-order valence-electron chi connectivity index (χ1n) is 7.96. The molecule has 0 saturated carbocycles. The summed E-state index contributed by atoms with van der Waals surface area (Å²) in [5, 5.41) is 4.57. The molecule has 2 N–H and O–H groups in total. The summed E-state index contributed by atoms with van der Waals surface area (Å²) in [6.45, 7) is 0. The predicted octanol–water partition coefficient (Wildman–Crippen LogP) is 3.09. The Morgan fingerprint density at radius 2 is 2.08 bits per heavy atom. The molecule has 4 rings (SSSR count). The van der Waals surface area contributed by atoms with Crippen LogP contribution < -0.4 is 10.1 Å². The van der Waals surface area contributed by atoms with E-state index in [0.29, 0.717) is 11.2 Å². The Labute approximate surface area is 144 Å². The Bertz CT molecular complexity index is 1110. The minimum absolute atomic E-state index is 0.125. The number of ether oxygens (including phenoxy) is 1. The topological polar surface area (TPSA) is 71.9 Å². The lowest BCUT2D eigenvalue weighted by molar-refractivity contribution is 0.0964. The quantitative estimate of drug-likeness (QED) is 0.605. The molecule has 0 radical (unpaired) electrons. The van der Waals surface area contributed by atoms with Gasteiger partial charge in [0.25, 0.3) is 5.91 Å². The van der Waals surface area contributed by atoms with Crippen molar-refractivity contribution in [2.45, 2.75) is 0 Å². The Morgan fingerprint density at radius 1 is 1.24 bits per heavy atom. The van der Waals surface area contributed by atoms with Crippen LogP contribution in [0.15, 0.2) is 42.6 Å². The molecule has 0 aliphatic rings. The Morgan fingerprint density at radius 3 is 2.84 bits per heavy atom. The SMILES string of the molecule is CNC(=O)c1ccnc2[nH]c(-c3cc4cc(OC)ccc4n3C)cc12. The number of nitrogens with one attached hydrogen (secondary N) is 2. The van der Waals surface area contributed by atoms with Gasteiger partial charge in [0.2, 0.25) is 0 Å². The zero-order valence-corrected chi connectivity index (χ0v) is 14.3. The van der Waals surface area contributed by atoms with E-state index < -0.39 is 0 Å². The van der Waals surface area contributed by atoms with Gasteiger partial charge in [-0.1, -0.05) is 0 Å². The van der Waals surface area contributed by atoms with Gasteiger partial charge in [0.05, 0.1) is 24.1 Å². The number of aromatic nitrogens is 3. The van der Waals surface area contributed by atoms with Gasteiger partial charge in [0.1, 0.15) is 11.4 Å². The first kappa shape index (κ1) is 15.3. The molecular weight excluding hydrogens is 316 g/mol. The van der Waals surface area contributed by atoms with E-state index in [1.54, 1.807) is 26.4 Å². The number of carbonyl (C=O) groups excluding carboxylic acids is 1. The number of hydrogen-bond acceptors (Lipinski definition) is 3. The second kappa shape index (κ2) is 5.66. The van der Waals surface area contributed by atoms with Gasteiger partial charge in [-0.05, 0) is 36.4 Å². The van der Waals surface area contributed by atoms with Crippen LogP contribution in [-0.2, 0) is 7.05 Å². The van der Waals surface area contributed by atoms with Gasteiger partial charge in [-0.15, -0.1) is 0 Å². The van der Waals surface area contributed by atoms with Gasteiger partial charge >= 0.3 is 0 Å². The van der Waals surface area contributed by atoms with Crippen LogP contribution in [0.2, 0.25) is 0 Å². The smallest absolute Gasteiger partial charge is 0.251 e. The normalized spacial score (nSPS) is 11.2. The average molecular weight is 334 g/mol. The van der Waals surface area contributed by atoms with E-state index in [-0.39, 0.29) is 5.91 Å². The fraction of sp³-hybridized carbons (Fsp3) is 0.158. The molecule has 3 aromatic heterocycles. The summed E-state index contributed by atoms with van der Waals surface area (Å²) in [5.41, 5.74) is 4.34. The molecule has 1 aromatic carbocycles. The van der Waals surface area contributed by atoms with Crippen molar-refractivity contribution in [1.29, 1.82) is 0 Å². The Kier molecular flexibility index (Phi) is 3.46. The second-order valence-electron chi connectivity index (χ2n) is 5.90. The number of aryl methyl sites for hydroxylation is 1. The minimum Gasteiger partial charge on any atom is -0.497 e. The molecule has 3 heterocycles. The summed E-state index contributed by atoms with van der Waals surface area (Å²) in [6, 6.07) is 11.8. The summed E-state index contributed by atoms with van der Waals surface area (Å²) in [5.74, 6) is 0.699. The number of pyridine rings is 1. The molecule has 0 bridgehead atoms. The molecule has 0 spiro atoms. The third-order valence-electron chi connectivity index (χ3n) is 4.53. The van der Waals surface area contributed by atoms with Gasteiger partial charge in [-0.25, -0.2) is 4.98 Å². The highest BCUT2D eigenvalue weighted by atomic mass is 16.5. The highest BCUT2D eigenvalue weighted by Crippen LogP contribution is 2.31. The Balaban J connectivity index is 1.91. The predicted molar refractivity (Wildman–Crippen MR) is 97.9 cm³/mol. The number of amides is 1. The zero-order valence-electron chi connectivity index (χ0n) is 14.3. The number of nitrogens with zero attached hydrogens (tertiary/aromatic N) is 2. The standard InChI is InChI=1S/C19H18N4O2/c1-20-19(24)13-6-7-21-18-14(13)10-15(22-18)17-9-11-8-12(25-3)4-5-16(11)23(17)2/h4-10H,1-3H3,(H,20,24)(H,21,22). The number of fused-ring (bicyclic) bond motifs is 2. The van der Waals surface area contributed by atoms with Gasteiger partial charge < -0.3 is 19.6 Å². The molecule has 0 fully saturated rings. The van der Waals surface area contributed by atoms with Crippen molar-refractivity contribution in [3.05, 3.63) is 48.2 Å². The summed E-state index contributed by atoms with van der Waals surface area (Å²) in [4.78, 5) is 19.7. The lowest BCUT2D eigenvalue weighted by atomic mass is 10.1. The van der Waals surface area contributed by atoms with Crippen LogP contribution in [-0.4, -0.2) is 34.6 Å². The molecule has 0 aliphatic heterocycles. The van der Waals surface area contributed by atoms with E-state index >= 15 is 0 Å². The first-order valence-corrected chi connectivity index (χ1v) is 7.96. The van der Waals surface area contributed by atoms with Crippen molar-refractivity contribution in [3.63, 3.8) is 0 Å². The van der Waals surface area contributed by atoms with E-state index in [2.05, 4.69) is 25.9 Å². The molecular formula is C19H18N4O2. The molecule has 1 amide bonds. The highest BCUT2D eigenvalue weighted by molar-refractivity contribution is 6.06. The van der Waals surface area contributed by atoms with Crippen molar-refractivity contribution in [3.8, 4) is 17.1 Å². The molecule has 6 heteroatoms. The molecule has 0 atom stereocenters. The summed E-state index contributed by atoms with van der Waals surface area (Å²) >= 11 is 0. The maximum absolute atomic E-state index is 12.1. The van der Waals surface area contributed by atoms with Crippen molar-refractivity contribution in [2.75, 3.05) is 14.2 Å². The minimum atomic E-state index is -0.125. The fourth-order valence-electron chi connectivity index (χ4n) is 3.21. The molecule has 0 unspecified atom stereocenters. The van der Waals surface area contributed by atoms with E-state index in [1.165, 1.54) is 0 Å². The first-order chi connectivity index (χ1) is 12.1. The van der Waals surface area contributed by atoms with Crippen LogP contribution in [0, 0.1) is 0 Å². The summed E-state index contributed by atoms with van der Waals surface area (Å²) in [6.07, 6.45) is 1.64. The van der Waals surface area contributed by atoms with E-state index in [9.17, 15) is 4.79 Å². The number of carbonyl (C=O) groups is 1. The number of aromatic amines is 1.